The fourth-order valence-electron chi connectivity index (χ4n) is 7.66. The van der Waals surface area contributed by atoms with Gasteiger partial charge in [-0.25, -0.2) is 13.2 Å². The molecule has 47 heavy (non-hydrogen) atoms. The number of carbonyl (C=O) groups is 3. The fourth-order valence-corrected chi connectivity index (χ4v) is 8.29. The van der Waals surface area contributed by atoms with E-state index >= 15 is 0 Å². The number of Topliss-reactive ketones (excluding diaryl/α,β-unsaturated/α-hetero) is 1. The van der Waals surface area contributed by atoms with Gasteiger partial charge in [-0.2, -0.15) is 0 Å². The van der Waals surface area contributed by atoms with E-state index in [2.05, 4.69) is 55.3 Å². The highest BCUT2D eigenvalue weighted by atomic mass is 35.5. The largest absolute Gasteiger partial charge is 0.327 e. The van der Waals surface area contributed by atoms with Gasteiger partial charge in [-0.3, -0.25) is 19.4 Å². The number of hydrogen-bond acceptors (Lipinski definition) is 7. The van der Waals surface area contributed by atoms with Crippen molar-refractivity contribution in [1.82, 2.24) is 20.0 Å². The third-order valence-electron chi connectivity index (χ3n) is 9.81. The third kappa shape index (κ3) is 7.93. The molecule has 3 amide bonds. The van der Waals surface area contributed by atoms with Gasteiger partial charge in [0.1, 0.15) is 5.54 Å². The summed E-state index contributed by atoms with van der Waals surface area (Å²) in [7, 11) is -3.36. The molecule has 3 fully saturated rings. The Bertz CT molecular complexity index is 1530. The predicted molar refractivity (Wildman–Crippen MR) is 186 cm³/mol. The maximum atomic E-state index is 14.3. The average Bonchev–Trinajstić information content (AvgIpc) is 3.53. The molecule has 0 aliphatic carbocycles. The summed E-state index contributed by atoms with van der Waals surface area (Å²) in [5.74, 6) is 0.517. The van der Waals surface area contributed by atoms with E-state index < -0.39 is 15.4 Å². The van der Waals surface area contributed by atoms with Gasteiger partial charge in [0.25, 0.3) is 5.91 Å². The zero-order valence-electron chi connectivity index (χ0n) is 28.6. The molecule has 0 radical (unpaired) electrons. The first-order chi connectivity index (χ1) is 21.6. The zero-order valence-corrected chi connectivity index (χ0v) is 30.2. The van der Waals surface area contributed by atoms with Crippen LogP contribution in [0, 0.1) is 17.3 Å². The van der Waals surface area contributed by atoms with Crippen LogP contribution in [0.1, 0.15) is 70.9 Å². The summed E-state index contributed by atoms with van der Waals surface area (Å²) in [6.45, 7) is 13.6. The minimum atomic E-state index is -3.36. The second-order valence-corrected chi connectivity index (χ2v) is 17.2. The van der Waals surface area contributed by atoms with E-state index in [1.165, 1.54) is 22.6 Å². The molecule has 3 heterocycles. The van der Waals surface area contributed by atoms with Gasteiger partial charge in [0, 0.05) is 57.2 Å². The number of rotatable bonds is 10. The van der Waals surface area contributed by atoms with Crippen LogP contribution in [-0.4, -0.2) is 91.4 Å². The third-order valence-corrected chi connectivity index (χ3v) is 10.9. The van der Waals surface area contributed by atoms with Crippen molar-refractivity contribution in [3.05, 3.63) is 65.7 Å². The molecule has 2 aromatic carbocycles. The number of carbonyl (C=O) groups excluding carboxylic acids is 3. The lowest BCUT2D eigenvalue weighted by atomic mass is 9.76. The van der Waals surface area contributed by atoms with Gasteiger partial charge in [0.2, 0.25) is 0 Å². The first kappa shape index (κ1) is 37.0. The molecule has 5 rings (SSSR count). The minimum Gasteiger partial charge on any atom is -0.316 e. The Morgan fingerprint density at radius 3 is 2.15 bits per heavy atom. The van der Waals surface area contributed by atoms with Crippen molar-refractivity contribution in [1.29, 1.82) is 0 Å². The van der Waals surface area contributed by atoms with E-state index in [-0.39, 0.29) is 70.8 Å². The van der Waals surface area contributed by atoms with Gasteiger partial charge < -0.3 is 10.2 Å². The number of halogens is 1. The van der Waals surface area contributed by atoms with Crippen molar-refractivity contribution in [2.24, 2.45) is 17.3 Å². The number of likely N-dealkylation sites (tertiary alicyclic amines) is 1. The molecule has 1 N–H and O–H groups in total. The van der Waals surface area contributed by atoms with Gasteiger partial charge in [0.05, 0.1) is 17.5 Å². The van der Waals surface area contributed by atoms with Crippen molar-refractivity contribution >= 4 is 40.0 Å². The first-order valence-corrected chi connectivity index (χ1v) is 18.4. The Hall–Kier alpha value is -2.79. The lowest BCUT2D eigenvalue weighted by Gasteiger charge is -2.46. The molecule has 0 aromatic heterocycles. The highest BCUT2D eigenvalue weighted by molar-refractivity contribution is 7.90. The summed E-state index contributed by atoms with van der Waals surface area (Å²) in [4.78, 5) is 47.9. The lowest BCUT2D eigenvalue weighted by molar-refractivity contribution is -0.137. The molecule has 3 aliphatic heterocycles. The number of piperidine rings is 1. The monoisotopic (exact) mass is 686 g/mol. The zero-order chi connectivity index (χ0) is 33.4. The van der Waals surface area contributed by atoms with Crippen molar-refractivity contribution in [3.8, 4) is 0 Å². The number of sulfone groups is 1. The first-order valence-electron chi connectivity index (χ1n) is 16.6. The molecule has 1 unspecified atom stereocenters. The maximum Gasteiger partial charge on any atom is 0.327 e. The number of imide groups is 1. The Kier molecular flexibility index (Phi) is 11.3. The van der Waals surface area contributed by atoms with Crippen molar-refractivity contribution in [2.45, 2.75) is 82.8 Å². The quantitative estimate of drug-likeness (QED) is 0.345. The molecule has 0 saturated carbocycles. The summed E-state index contributed by atoms with van der Waals surface area (Å²) < 4.78 is 23.9. The van der Waals surface area contributed by atoms with Gasteiger partial charge >= 0.3 is 6.03 Å². The van der Waals surface area contributed by atoms with E-state index in [0.717, 1.165) is 19.3 Å². The SMILES string of the molecule is CC(C)CN1C(=O)N(Cc2ccc(S(C)(=O)=O)cc2)C(=O)C12CCN(C(C(=O)CC(C)(C)C)[C@@H]1CNC[C@@H]1c1ccccc1)CC2.Cl. The minimum absolute atomic E-state index is 0. The Morgan fingerprint density at radius 2 is 1.60 bits per heavy atom. The van der Waals surface area contributed by atoms with Crippen LogP contribution in [0.3, 0.4) is 0 Å². The van der Waals surface area contributed by atoms with Gasteiger partial charge in [-0.05, 0) is 47.4 Å². The lowest BCUT2D eigenvalue weighted by Crippen LogP contribution is -2.60. The Labute approximate surface area is 286 Å². The van der Waals surface area contributed by atoms with Crippen LogP contribution < -0.4 is 5.32 Å². The molecule has 2 aromatic rings. The van der Waals surface area contributed by atoms with Crippen LogP contribution >= 0.6 is 12.4 Å². The molecule has 3 aliphatic rings. The summed E-state index contributed by atoms with van der Waals surface area (Å²) >= 11 is 0. The van der Waals surface area contributed by atoms with Gasteiger partial charge in [-0.1, -0.05) is 77.1 Å². The summed E-state index contributed by atoms with van der Waals surface area (Å²) in [5, 5.41) is 3.56. The molecule has 3 atom stereocenters. The molecule has 9 nitrogen and oxygen atoms in total. The highest BCUT2D eigenvalue weighted by Gasteiger charge is 2.58. The fraction of sp³-hybridized carbons (Fsp3) is 0.583. The van der Waals surface area contributed by atoms with Crippen LogP contribution in [0.5, 0.6) is 0 Å². The van der Waals surface area contributed by atoms with E-state index in [9.17, 15) is 22.8 Å². The molecular formula is C36H51ClN4O5S. The summed E-state index contributed by atoms with van der Waals surface area (Å²) in [6.07, 6.45) is 2.55. The summed E-state index contributed by atoms with van der Waals surface area (Å²) in [6, 6.07) is 16.2. The molecule has 1 spiro atoms. The number of urea groups is 1. The molecular weight excluding hydrogens is 636 g/mol. The standard InChI is InChI=1S/C36H50N4O5S.ClH/c1-25(2)23-40-34(43)39(24-26-12-14-28(15-13-26)46(6,44)45)33(42)36(40)16-18-38(19-17-36)32(31(41)20-35(3,4)5)30-22-37-21-29(30)27-10-8-7-9-11-27;/h7-15,25,29-30,32,37H,16-24H2,1-6H3;1H/t29-,30-,32?;/m1./s1. The summed E-state index contributed by atoms with van der Waals surface area (Å²) in [5.41, 5.74) is 0.818. The topological polar surface area (TPSA) is 107 Å². The Morgan fingerprint density at radius 1 is 0.979 bits per heavy atom. The number of amides is 3. The van der Waals surface area contributed by atoms with Crippen LogP contribution in [0.25, 0.3) is 0 Å². The van der Waals surface area contributed by atoms with E-state index in [0.29, 0.717) is 44.5 Å². The van der Waals surface area contributed by atoms with Crippen molar-refractivity contribution in [3.63, 3.8) is 0 Å². The van der Waals surface area contributed by atoms with E-state index in [1.807, 2.05) is 19.9 Å². The molecule has 0 bridgehead atoms. The van der Waals surface area contributed by atoms with Gasteiger partial charge in [0.15, 0.2) is 15.6 Å². The van der Waals surface area contributed by atoms with Crippen molar-refractivity contribution < 1.29 is 22.8 Å². The van der Waals surface area contributed by atoms with Gasteiger partial charge in [-0.15, -0.1) is 12.4 Å². The van der Waals surface area contributed by atoms with Crippen LogP contribution in [0.15, 0.2) is 59.5 Å². The number of hydrogen-bond donors (Lipinski definition) is 1. The smallest absolute Gasteiger partial charge is 0.316 e. The number of nitrogens with zero attached hydrogens (tertiary/aromatic N) is 3. The van der Waals surface area contributed by atoms with Crippen LogP contribution in [0.4, 0.5) is 4.79 Å². The average molecular weight is 687 g/mol. The predicted octanol–water partition coefficient (Wildman–Crippen LogP) is 5.14. The maximum absolute atomic E-state index is 14.3. The second kappa shape index (κ2) is 14.4. The normalized spacial score (nSPS) is 22.6. The molecule has 11 heteroatoms. The highest BCUT2D eigenvalue weighted by Crippen LogP contribution is 2.42. The number of benzene rings is 2. The van der Waals surface area contributed by atoms with Crippen LogP contribution in [-0.2, 0) is 26.0 Å². The van der Waals surface area contributed by atoms with Crippen LogP contribution in [0.2, 0.25) is 0 Å². The molecule has 258 valence electrons. The number of nitrogens with one attached hydrogen (secondary N) is 1. The Balaban J connectivity index is 0.00000500. The van der Waals surface area contributed by atoms with Crippen molar-refractivity contribution in [2.75, 3.05) is 39.0 Å². The van der Waals surface area contributed by atoms with E-state index in [1.54, 1.807) is 17.0 Å². The second-order valence-electron chi connectivity index (χ2n) is 15.1. The number of ketones is 1. The van der Waals surface area contributed by atoms with E-state index in [4.69, 9.17) is 0 Å². The molecule has 3 saturated heterocycles.